The molecule has 0 fully saturated rings. The van der Waals surface area contributed by atoms with Crippen molar-refractivity contribution < 1.29 is 9.18 Å². The molecule has 14 heavy (non-hydrogen) atoms. The van der Waals surface area contributed by atoms with Gasteiger partial charge in [-0.1, -0.05) is 0 Å². The van der Waals surface area contributed by atoms with E-state index in [4.69, 9.17) is 0 Å². The molecule has 0 unspecified atom stereocenters. The van der Waals surface area contributed by atoms with Gasteiger partial charge < -0.3 is 4.90 Å². The van der Waals surface area contributed by atoms with E-state index in [0.717, 1.165) is 6.20 Å². The average molecular weight is 199 g/mol. The molecule has 0 atom stereocenters. The number of hydrogen-bond acceptors (Lipinski definition) is 2. The second-order valence-electron chi connectivity index (χ2n) is 3.73. The number of carbonyl (C=O) groups is 1. The molecule has 0 aliphatic rings. The topological polar surface area (TPSA) is 49.0 Å². The number of aromatic nitrogens is 2. The van der Waals surface area contributed by atoms with Crippen LogP contribution in [0.25, 0.3) is 0 Å². The molecule has 1 aromatic heterocycles. The molecule has 0 aromatic carbocycles. The van der Waals surface area contributed by atoms with Gasteiger partial charge in [0.2, 0.25) is 5.91 Å². The van der Waals surface area contributed by atoms with Gasteiger partial charge in [0.1, 0.15) is 0 Å². The Morgan fingerprint density at radius 3 is 2.57 bits per heavy atom. The van der Waals surface area contributed by atoms with E-state index in [1.807, 2.05) is 0 Å². The Balaban J connectivity index is 3.07. The molecule has 0 radical (unpaired) electrons. The number of rotatable bonds is 2. The highest BCUT2D eigenvalue weighted by molar-refractivity contribution is 5.73. The van der Waals surface area contributed by atoms with E-state index in [-0.39, 0.29) is 5.91 Å². The van der Waals surface area contributed by atoms with E-state index in [2.05, 4.69) is 10.2 Å². The van der Waals surface area contributed by atoms with Crippen LogP contribution in [0.4, 0.5) is 4.39 Å². The van der Waals surface area contributed by atoms with Gasteiger partial charge in [-0.15, -0.1) is 0 Å². The van der Waals surface area contributed by atoms with E-state index in [0.29, 0.717) is 5.69 Å². The number of nitrogens with zero attached hydrogens (tertiary/aromatic N) is 2. The van der Waals surface area contributed by atoms with Crippen LogP contribution in [0.1, 0.15) is 26.5 Å². The molecule has 1 heterocycles. The summed E-state index contributed by atoms with van der Waals surface area (Å²) >= 11 is 0. The Morgan fingerprint density at radius 2 is 2.21 bits per heavy atom. The SMILES string of the molecule is CC(=O)N(C)C(C)(C)c1[nH]ncc1F. The minimum atomic E-state index is -0.716. The zero-order valence-corrected chi connectivity index (χ0v) is 8.76. The summed E-state index contributed by atoms with van der Waals surface area (Å²) in [5.74, 6) is -0.549. The van der Waals surface area contributed by atoms with Crippen molar-refractivity contribution in [3.8, 4) is 0 Å². The first kappa shape index (κ1) is 10.7. The highest BCUT2D eigenvalue weighted by atomic mass is 19.1. The summed E-state index contributed by atoms with van der Waals surface area (Å²) in [7, 11) is 1.63. The van der Waals surface area contributed by atoms with Crippen LogP contribution in [0.15, 0.2) is 6.20 Å². The Labute approximate surface area is 82.1 Å². The van der Waals surface area contributed by atoms with Crippen LogP contribution in [0.2, 0.25) is 0 Å². The van der Waals surface area contributed by atoms with Crippen molar-refractivity contribution in [3.63, 3.8) is 0 Å². The van der Waals surface area contributed by atoms with Crippen LogP contribution in [-0.4, -0.2) is 28.1 Å². The lowest BCUT2D eigenvalue weighted by atomic mass is 9.98. The molecule has 4 nitrogen and oxygen atoms in total. The molecule has 78 valence electrons. The van der Waals surface area contributed by atoms with E-state index in [1.165, 1.54) is 11.8 Å². The maximum atomic E-state index is 13.2. The fourth-order valence-corrected chi connectivity index (χ4v) is 1.26. The summed E-state index contributed by atoms with van der Waals surface area (Å²) in [6.07, 6.45) is 1.10. The molecule has 0 aliphatic heterocycles. The molecule has 0 saturated heterocycles. The molecular weight excluding hydrogens is 185 g/mol. The van der Waals surface area contributed by atoms with Crippen LogP contribution in [0, 0.1) is 5.82 Å². The van der Waals surface area contributed by atoms with Crippen LogP contribution < -0.4 is 0 Å². The smallest absolute Gasteiger partial charge is 0.219 e. The molecule has 1 N–H and O–H groups in total. The standard InChI is InChI=1S/C9H14FN3O/c1-6(14)13(4)9(2,3)8-7(10)5-11-12-8/h5H,1-4H3,(H,11,12). The van der Waals surface area contributed by atoms with Crippen molar-refractivity contribution in [2.45, 2.75) is 26.3 Å². The third kappa shape index (κ3) is 1.62. The molecule has 0 saturated carbocycles. The fourth-order valence-electron chi connectivity index (χ4n) is 1.26. The molecule has 5 heteroatoms. The van der Waals surface area contributed by atoms with Gasteiger partial charge in [-0.25, -0.2) is 4.39 Å². The number of hydrogen-bond donors (Lipinski definition) is 1. The van der Waals surface area contributed by atoms with Crippen LogP contribution >= 0.6 is 0 Å². The number of aromatic amines is 1. The summed E-state index contributed by atoms with van der Waals surface area (Å²) in [5.41, 5.74) is -0.401. The lowest BCUT2D eigenvalue weighted by Crippen LogP contribution is -2.42. The average Bonchev–Trinajstić information content (AvgIpc) is 2.50. The van der Waals surface area contributed by atoms with Gasteiger partial charge in [-0.05, 0) is 13.8 Å². The highest BCUT2D eigenvalue weighted by Crippen LogP contribution is 2.26. The van der Waals surface area contributed by atoms with Crippen molar-refractivity contribution in [1.29, 1.82) is 0 Å². The monoisotopic (exact) mass is 199 g/mol. The maximum Gasteiger partial charge on any atom is 0.219 e. The number of amides is 1. The predicted molar refractivity (Wildman–Crippen MR) is 50.0 cm³/mol. The third-order valence-electron chi connectivity index (χ3n) is 2.52. The molecule has 0 spiro atoms. The summed E-state index contributed by atoms with van der Waals surface area (Å²) in [5, 5.41) is 6.15. The fraction of sp³-hybridized carbons (Fsp3) is 0.556. The molecule has 1 aromatic rings. The number of halogens is 1. The van der Waals surface area contributed by atoms with Gasteiger partial charge in [0.15, 0.2) is 5.82 Å². The maximum absolute atomic E-state index is 13.2. The van der Waals surface area contributed by atoms with Crippen LogP contribution in [0.3, 0.4) is 0 Å². The van der Waals surface area contributed by atoms with E-state index in [9.17, 15) is 9.18 Å². The number of nitrogens with one attached hydrogen (secondary N) is 1. The van der Waals surface area contributed by atoms with Gasteiger partial charge in [0.05, 0.1) is 17.4 Å². The van der Waals surface area contributed by atoms with Crippen molar-refractivity contribution in [2.75, 3.05) is 7.05 Å². The van der Waals surface area contributed by atoms with Gasteiger partial charge in [-0.3, -0.25) is 9.89 Å². The highest BCUT2D eigenvalue weighted by Gasteiger charge is 2.32. The zero-order valence-electron chi connectivity index (χ0n) is 8.76. The quantitative estimate of drug-likeness (QED) is 0.779. The van der Waals surface area contributed by atoms with Crippen molar-refractivity contribution >= 4 is 5.91 Å². The van der Waals surface area contributed by atoms with Gasteiger partial charge in [0.25, 0.3) is 0 Å². The summed E-state index contributed by atoms with van der Waals surface area (Å²) in [4.78, 5) is 12.6. The Bertz CT molecular complexity index is 346. The van der Waals surface area contributed by atoms with Gasteiger partial charge in [0, 0.05) is 14.0 Å². The van der Waals surface area contributed by atoms with Crippen LogP contribution in [0.5, 0.6) is 0 Å². The lowest BCUT2D eigenvalue weighted by molar-refractivity contribution is -0.132. The zero-order chi connectivity index (χ0) is 10.9. The minimum absolute atomic E-state index is 0.121. The Morgan fingerprint density at radius 1 is 1.64 bits per heavy atom. The first-order valence-corrected chi connectivity index (χ1v) is 4.31. The van der Waals surface area contributed by atoms with E-state index in [1.54, 1.807) is 20.9 Å². The van der Waals surface area contributed by atoms with Gasteiger partial charge in [-0.2, -0.15) is 5.10 Å². The first-order valence-electron chi connectivity index (χ1n) is 4.31. The molecule has 0 aliphatic carbocycles. The molecule has 1 rings (SSSR count). The largest absolute Gasteiger partial charge is 0.335 e. The second kappa shape index (κ2) is 3.40. The second-order valence-corrected chi connectivity index (χ2v) is 3.73. The van der Waals surface area contributed by atoms with Crippen molar-refractivity contribution in [1.82, 2.24) is 15.1 Å². The summed E-state index contributed by atoms with van der Waals surface area (Å²) < 4.78 is 13.2. The summed E-state index contributed by atoms with van der Waals surface area (Å²) in [6, 6.07) is 0. The molecule has 0 bridgehead atoms. The normalized spacial score (nSPS) is 11.5. The lowest BCUT2D eigenvalue weighted by Gasteiger charge is -2.33. The minimum Gasteiger partial charge on any atom is -0.335 e. The van der Waals surface area contributed by atoms with Gasteiger partial charge >= 0.3 is 0 Å². The summed E-state index contributed by atoms with van der Waals surface area (Å²) in [6.45, 7) is 4.95. The number of carbonyl (C=O) groups excluding carboxylic acids is 1. The molecule has 1 amide bonds. The first-order chi connectivity index (χ1) is 6.37. The number of H-pyrrole nitrogens is 1. The van der Waals surface area contributed by atoms with E-state index >= 15 is 0 Å². The Hall–Kier alpha value is -1.39. The Kier molecular flexibility index (Phi) is 2.59. The third-order valence-corrected chi connectivity index (χ3v) is 2.52. The van der Waals surface area contributed by atoms with Crippen molar-refractivity contribution in [2.24, 2.45) is 0 Å². The molecular formula is C9H14FN3O. The van der Waals surface area contributed by atoms with Crippen molar-refractivity contribution in [3.05, 3.63) is 17.7 Å². The predicted octanol–water partition coefficient (Wildman–Crippen LogP) is 1.26. The van der Waals surface area contributed by atoms with E-state index < -0.39 is 11.4 Å². The van der Waals surface area contributed by atoms with Crippen LogP contribution in [-0.2, 0) is 10.3 Å².